The molecule has 28 nitrogen and oxygen atoms in total. The predicted octanol–water partition coefficient (Wildman–Crippen LogP) is 14.1. The summed E-state index contributed by atoms with van der Waals surface area (Å²) in [6, 6.07) is 72.0. The van der Waals surface area contributed by atoms with Crippen molar-refractivity contribution in [2.24, 2.45) is 42.9 Å². The number of halogens is 1. The first-order valence-corrected chi connectivity index (χ1v) is 42.8. The number of alkyl carbamates (subject to hydrolysis) is 1. The smallest absolute Gasteiger partial charge is 0.407 e. The molecule has 0 bridgehead atoms. The van der Waals surface area contributed by atoms with Crippen molar-refractivity contribution in [1.82, 2.24) is 50.8 Å². The number of carbonyl (C=O) groups is 7. The molecular formula is C100H102ClN19O9S. The van der Waals surface area contributed by atoms with Crippen LogP contribution in [0.3, 0.4) is 0 Å². The van der Waals surface area contributed by atoms with E-state index < -0.39 is 39.8 Å². The number of hydrogen-bond donors (Lipinski definition) is 8. The van der Waals surface area contributed by atoms with Gasteiger partial charge in [-0.05, 0) is 191 Å². The second-order valence-electron chi connectivity index (χ2n) is 32.5. The number of nitrogens with one attached hydrogen (secondary N) is 4. The van der Waals surface area contributed by atoms with E-state index in [1.807, 2.05) is 215 Å². The fourth-order valence-corrected chi connectivity index (χ4v) is 16.4. The van der Waals surface area contributed by atoms with E-state index in [1.165, 1.54) is 37.1 Å². The number of nitriles is 1. The summed E-state index contributed by atoms with van der Waals surface area (Å²) in [6.07, 6.45) is 8.43. The van der Waals surface area contributed by atoms with Crippen molar-refractivity contribution in [2.75, 3.05) is 41.3 Å². The van der Waals surface area contributed by atoms with Crippen molar-refractivity contribution in [2.45, 2.75) is 101 Å². The van der Waals surface area contributed by atoms with Gasteiger partial charge in [0.2, 0.25) is 11.8 Å². The fourth-order valence-electron chi connectivity index (χ4n) is 15.2. The van der Waals surface area contributed by atoms with E-state index in [9.17, 15) is 33.6 Å². The lowest BCUT2D eigenvalue weighted by Gasteiger charge is -2.39. The fraction of sp³-hybridized carbons (Fsp3) is 0.220. The molecule has 0 aliphatic carbocycles. The normalized spacial score (nSPS) is 18.5. The minimum Gasteiger partial charge on any atom is -0.481 e. The quantitative estimate of drug-likeness (QED) is 0.0276. The topological polar surface area (TPSA) is 402 Å². The lowest BCUT2D eigenvalue weighted by atomic mass is 9.78. The second-order valence-corrected chi connectivity index (χ2v) is 33.8. The van der Waals surface area contributed by atoms with Gasteiger partial charge in [-0.25, -0.2) is 34.5 Å². The van der Waals surface area contributed by atoms with Crippen molar-refractivity contribution >= 4 is 94.5 Å². The number of aromatic nitrogens is 2. The molecule has 5 atom stereocenters. The van der Waals surface area contributed by atoms with Gasteiger partial charge < -0.3 is 53.7 Å². The Kier molecular flexibility index (Phi) is 29.2. The van der Waals surface area contributed by atoms with Crippen LogP contribution in [0, 0.1) is 11.3 Å². The molecule has 8 aromatic carbocycles. The maximum atomic E-state index is 13.5. The Morgan fingerprint density at radius 2 is 1.18 bits per heavy atom. The third kappa shape index (κ3) is 21.1. The van der Waals surface area contributed by atoms with Gasteiger partial charge >= 0.3 is 12.1 Å². The van der Waals surface area contributed by atoms with Gasteiger partial charge in [0.25, 0.3) is 23.6 Å². The Bertz CT molecular complexity index is 6290. The van der Waals surface area contributed by atoms with Crippen LogP contribution in [0.1, 0.15) is 124 Å². The minimum absolute atomic E-state index is 0.156. The maximum absolute atomic E-state index is 13.5. The summed E-state index contributed by atoms with van der Waals surface area (Å²) in [5.74, 6) is -0.408. The van der Waals surface area contributed by atoms with E-state index in [1.54, 1.807) is 103 Å². The van der Waals surface area contributed by atoms with E-state index in [-0.39, 0.29) is 65.9 Å². The summed E-state index contributed by atoms with van der Waals surface area (Å²) in [5.41, 5.74) is 34.1. The largest absolute Gasteiger partial charge is 0.481 e. The number of amides is 8. The van der Waals surface area contributed by atoms with Gasteiger partial charge in [0.15, 0.2) is 40.5 Å². The molecule has 4 aliphatic heterocycles. The van der Waals surface area contributed by atoms with Crippen molar-refractivity contribution in [3.8, 4) is 45.3 Å². The molecule has 30 heteroatoms. The van der Waals surface area contributed by atoms with Crippen LogP contribution < -0.4 is 48.9 Å². The summed E-state index contributed by atoms with van der Waals surface area (Å²) < 4.78 is 10.4. The molecule has 664 valence electrons. The average Bonchev–Trinajstić information content (AvgIpc) is 1.54. The zero-order valence-electron chi connectivity index (χ0n) is 73.7. The van der Waals surface area contributed by atoms with Gasteiger partial charge in [-0.2, -0.15) is 5.26 Å². The number of thiophene rings is 1. The Morgan fingerprint density at radius 3 is 1.85 bits per heavy atom. The van der Waals surface area contributed by atoms with Gasteiger partial charge in [0.05, 0.1) is 25.1 Å². The minimum atomic E-state index is -1.23. The number of urea groups is 1. The van der Waals surface area contributed by atoms with Gasteiger partial charge in [0, 0.05) is 93.0 Å². The molecular weight excluding hydrogens is 1680 g/mol. The van der Waals surface area contributed by atoms with Gasteiger partial charge in [-0.15, -0.1) is 17.9 Å². The monoisotopic (exact) mass is 1780 g/mol. The number of aliphatic imine (C=N–C) groups is 4. The van der Waals surface area contributed by atoms with E-state index in [4.69, 9.17) is 54.3 Å². The van der Waals surface area contributed by atoms with Gasteiger partial charge in [-0.3, -0.25) is 48.6 Å². The SMILES string of the molecule is C=CCNC(=O)c1cccc(CN2C(=O)C(C)(c3cccc(C=C)c3)N=C2N)c1.CN1C(=O)C(C)(c2cccc(-c3cc(Cl)ccc3CNC(=O)NCc3ccccc3)c2)N=C1N.CN1C(=O)C(c2ccccc2)(c2cccc(-c3cccc(CCNC(=O)OC(C)(C)C)c3)c2)N=C1N.COc1ccc(C2C(=O)N(C)C(N)=N[C@]2(C)c2cc(-c3cncc(C#N)c3)cs2)cn1. The van der Waals surface area contributed by atoms with Crippen LogP contribution in [0.4, 0.5) is 9.59 Å². The molecule has 12 N–H and O–H groups in total. The Hall–Kier alpha value is -15.4. The number of guanidine groups is 4. The number of nitrogens with two attached hydrogens (primary N) is 4. The maximum Gasteiger partial charge on any atom is 0.407 e. The van der Waals surface area contributed by atoms with Crippen LogP contribution in [-0.4, -0.2) is 142 Å². The Labute approximate surface area is 764 Å². The van der Waals surface area contributed by atoms with Gasteiger partial charge in [0.1, 0.15) is 17.2 Å². The highest BCUT2D eigenvalue weighted by Crippen LogP contribution is 2.48. The number of rotatable bonds is 23. The second kappa shape index (κ2) is 40.5. The number of benzene rings is 8. The van der Waals surface area contributed by atoms with Crippen LogP contribution in [0.2, 0.25) is 5.02 Å². The number of likely N-dealkylation sites (N-methyl/N-ethyl adjacent to an activating group) is 3. The summed E-state index contributed by atoms with van der Waals surface area (Å²) >= 11 is 7.79. The third-order valence-electron chi connectivity index (χ3n) is 22.3. The first-order valence-electron chi connectivity index (χ1n) is 41.5. The van der Waals surface area contributed by atoms with Crippen molar-refractivity contribution in [1.29, 1.82) is 5.26 Å². The summed E-state index contributed by atoms with van der Waals surface area (Å²) in [6.45, 7) is 20.1. The van der Waals surface area contributed by atoms with Crippen LogP contribution in [0.25, 0.3) is 39.5 Å². The van der Waals surface area contributed by atoms with Crippen LogP contribution >= 0.6 is 22.9 Å². The summed E-state index contributed by atoms with van der Waals surface area (Å²) in [4.78, 5) is 122. The van der Waals surface area contributed by atoms with E-state index >= 15 is 0 Å². The summed E-state index contributed by atoms with van der Waals surface area (Å²) in [5, 5.41) is 23.0. The first-order chi connectivity index (χ1) is 62.1. The van der Waals surface area contributed by atoms with E-state index in [2.05, 4.69) is 71.5 Å². The molecule has 0 radical (unpaired) electrons. The molecule has 0 saturated heterocycles. The molecule has 0 spiro atoms. The van der Waals surface area contributed by atoms with Crippen LogP contribution in [0.15, 0.2) is 288 Å². The Morgan fingerprint density at radius 1 is 0.577 bits per heavy atom. The average molecular weight is 1780 g/mol. The molecule has 4 aliphatic rings. The van der Waals surface area contributed by atoms with E-state index in [0.717, 1.165) is 93.9 Å². The molecule has 4 unspecified atom stereocenters. The number of methoxy groups -OCH3 is 1. The predicted molar refractivity (Wildman–Crippen MR) is 508 cm³/mol. The highest BCUT2D eigenvalue weighted by Gasteiger charge is 2.51. The van der Waals surface area contributed by atoms with Crippen LogP contribution in [-0.2, 0) is 72.1 Å². The summed E-state index contributed by atoms with van der Waals surface area (Å²) in [7, 11) is 6.41. The Balaban J connectivity index is 0.000000157. The van der Waals surface area contributed by atoms with Crippen molar-refractivity contribution < 1.29 is 43.0 Å². The molecule has 3 aromatic heterocycles. The molecule has 8 amide bonds. The standard InChI is InChI=1S/C29H32N4O3.C26H26ClN5O2.C23H24N4O2.C22H20N6O2S/c1-28(2,3)36-27(35)31-17-16-20-10-8-11-21(18-20)22-12-9-15-24(19-22)29(23-13-6-5-7-14-23)25(34)33(4)26(30)32-29;1-26(23(33)32(2)24(28)31-26)20-10-6-9-18(13-20)22-14-21(27)12-11-19(22)16-30-25(34)29-15-17-7-4-3-5-8-17;1-4-12-25-20(28)18-10-6-9-17(13-18)15-27-21(29)23(3,26-22(27)24)19-11-7-8-16(5-2)14-19;1-22(17-7-16(12-31-17)15-6-13(8-23)9-25-10-15)19(20(29)28(2)21(24)27-22)14-4-5-18(30-3)26-11-14/h5-15,18-19H,16-17H2,1-4H3,(H2,30,32)(H,31,35);3-14H,15-16H2,1-2H3,(H2,28,31)(H2,29,30,34);4-11,13-14H,1-2,12,15H2,3H3,(H2,24,26)(H,25,28);4-7,9-12,19H,1-3H3,(H2,24,27)/t;;;19?,22-/m...1/s1. The molecule has 130 heavy (non-hydrogen) atoms. The number of ether oxygens (including phenoxy) is 2. The van der Waals surface area contributed by atoms with Gasteiger partial charge in [-0.1, -0.05) is 194 Å². The van der Waals surface area contributed by atoms with Crippen molar-refractivity contribution in [3.05, 3.63) is 344 Å². The highest BCUT2D eigenvalue weighted by molar-refractivity contribution is 7.10. The van der Waals surface area contributed by atoms with Crippen LogP contribution in [0.5, 0.6) is 5.88 Å². The number of carbonyl (C=O) groups excluding carboxylic acids is 7. The lowest BCUT2D eigenvalue weighted by Crippen LogP contribution is -2.52. The molecule has 15 rings (SSSR count). The number of pyridine rings is 2. The highest BCUT2D eigenvalue weighted by atomic mass is 35.5. The number of nitrogens with zero attached hydrogens (tertiary/aromatic N) is 11. The lowest BCUT2D eigenvalue weighted by molar-refractivity contribution is -0.131. The molecule has 0 saturated carbocycles. The molecule has 0 fully saturated rings. The number of hydrogen-bond acceptors (Lipinski definition) is 21. The first kappa shape index (κ1) is 93.7. The van der Waals surface area contributed by atoms with Crippen molar-refractivity contribution in [3.63, 3.8) is 0 Å². The third-order valence-corrected chi connectivity index (χ3v) is 23.7. The zero-order valence-corrected chi connectivity index (χ0v) is 75.3. The molecule has 7 heterocycles. The molecule has 11 aromatic rings. The zero-order chi connectivity index (χ0) is 93.4. The van der Waals surface area contributed by atoms with E-state index in [0.29, 0.717) is 54.6 Å².